The number of carboxylic acids is 1. The smallest absolute Gasteiger partial charge is 0.325 e. The number of nitrogens with two attached hydrogens (primary N) is 2. The normalized spacial score (nSPS) is 15.6. The van der Waals surface area contributed by atoms with Crippen molar-refractivity contribution < 1.29 is 34.2 Å². The van der Waals surface area contributed by atoms with Crippen LogP contribution in [0.2, 0.25) is 0 Å². The van der Waals surface area contributed by atoms with Gasteiger partial charge in [0.1, 0.15) is 18.1 Å². The van der Waals surface area contributed by atoms with Crippen LogP contribution < -0.4 is 27.4 Å². The second kappa shape index (κ2) is 11.6. The Kier molecular flexibility index (Phi) is 9.56. The molecule has 0 saturated carbocycles. The van der Waals surface area contributed by atoms with E-state index in [1.807, 2.05) is 0 Å². The molecule has 0 saturated heterocycles. The third-order valence-corrected chi connectivity index (χ3v) is 4.16. The van der Waals surface area contributed by atoms with Crippen molar-refractivity contribution in [2.24, 2.45) is 11.5 Å². The highest BCUT2D eigenvalue weighted by Crippen LogP contribution is 2.02. The van der Waals surface area contributed by atoms with E-state index in [-0.39, 0.29) is 6.42 Å². The topological polar surface area (TPSA) is 243 Å². The number of aliphatic carboxylic acids is 1. The monoisotopic (exact) mass is 441 g/mol. The molecule has 0 aliphatic heterocycles. The first-order valence-electron chi connectivity index (χ1n) is 9.25. The molecule has 0 aliphatic carbocycles. The molecule has 0 fully saturated rings. The number of rotatable bonds is 12. The summed E-state index contributed by atoms with van der Waals surface area (Å²) in [5.41, 5.74) is 11.5. The first kappa shape index (κ1) is 25.5. The largest absolute Gasteiger partial charge is 0.480 e. The van der Waals surface area contributed by atoms with Gasteiger partial charge in [0.25, 0.3) is 0 Å². The number of nitrogens with zero attached hydrogens (tertiary/aromatic N) is 1. The van der Waals surface area contributed by atoms with Gasteiger partial charge in [-0.3, -0.25) is 24.0 Å². The molecule has 0 bridgehead atoms. The molecule has 4 amide bonds. The van der Waals surface area contributed by atoms with E-state index in [9.17, 15) is 29.1 Å². The SMILES string of the molecule is CC(NC(=O)C(CC(N)=O)NC(=O)C(NC(=O)C(N)Cc1cnc[nH]1)C(C)O)C(=O)O. The van der Waals surface area contributed by atoms with Crippen LogP contribution >= 0.6 is 0 Å². The van der Waals surface area contributed by atoms with Gasteiger partial charge >= 0.3 is 5.97 Å². The summed E-state index contributed by atoms with van der Waals surface area (Å²) in [7, 11) is 0. The molecule has 14 nitrogen and oxygen atoms in total. The number of H-pyrrole nitrogens is 1. The molecule has 0 spiro atoms. The van der Waals surface area contributed by atoms with Gasteiger partial charge in [0, 0.05) is 18.3 Å². The first-order chi connectivity index (χ1) is 14.4. The Morgan fingerprint density at radius 2 is 1.74 bits per heavy atom. The van der Waals surface area contributed by atoms with Crippen LogP contribution in [0.25, 0.3) is 0 Å². The fourth-order valence-corrected chi connectivity index (χ4v) is 2.44. The lowest BCUT2D eigenvalue weighted by Crippen LogP contribution is -2.60. The second-order valence-electron chi connectivity index (χ2n) is 6.91. The number of aliphatic hydroxyl groups is 1. The molecular formula is C17H27N7O7. The Hall–Kier alpha value is -3.52. The second-order valence-corrected chi connectivity index (χ2v) is 6.91. The quantitative estimate of drug-likeness (QED) is 0.158. The Morgan fingerprint density at radius 1 is 1.10 bits per heavy atom. The van der Waals surface area contributed by atoms with Crippen LogP contribution in [-0.4, -0.2) is 80.1 Å². The molecule has 0 aliphatic rings. The predicted octanol–water partition coefficient (Wildman–Crippen LogP) is -3.91. The van der Waals surface area contributed by atoms with Gasteiger partial charge in [-0.2, -0.15) is 0 Å². The summed E-state index contributed by atoms with van der Waals surface area (Å²) in [5, 5.41) is 25.4. The highest BCUT2D eigenvalue weighted by atomic mass is 16.4. The molecule has 5 unspecified atom stereocenters. The van der Waals surface area contributed by atoms with Crippen LogP contribution in [0.3, 0.4) is 0 Å². The average molecular weight is 441 g/mol. The molecule has 1 heterocycles. The van der Waals surface area contributed by atoms with Gasteiger partial charge in [-0.1, -0.05) is 0 Å². The summed E-state index contributed by atoms with van der Waals surface area (Å²) < 4.78 is 0. The van der Waals surface area contributed by atoms with Crippen molar-refractivity contribution in [1.82, 2.24) is 25.9 Å². The minimum Gasteiger partial charge on any atom is -0.480 e. The Balaban J connectivity index is 2.85. The molecule has 10 N–H and O–H groups in total. The van der Waals surface area contributed by atoms with Gasteiger partial charge in [-0.05, 0) is 13.8 Å². The van der Waals surface area contributed by atoms with Gasteiger partial charge in [0.2, 0.25) is 23.6 Å². The summed E-state index contributed by atoms with van der Waals surface area (Å²) in [6, 6.07) is -5.41. The lowest BCUT2D eigenvalue weighted by Gasteiger charge is -2.25. The first-order valence-corrected chi connectivity index (χ1v) is 9.25. The summed E-state index contributed by atoms with van der Waals surface area (Å²) in [5.74, 6) is -5.01. The zero-order chi connectivity index (χ0) is 23.7. The van der Waals surface area contributed by atoms with Gasteiger partial charge in [-0.15, -0.1) is 0 Å². The summed E-state index contributed by atoms with van der Waals surface area (Å²) in [6.45, 7) is 2.41. The summed E-state index contributed by atoms with van der Waals surface area (Å²) in [4.78, 5) is 65.9. The van der Waals surface area contributed by atoms with E-state index in [1.165, 1.54) is 26.4 Å². The number of hydrogen-bond acceptors (Lipinski definition) is 8. The maximum Gasteiger partial charge on any atom is 0.325 e. The van der Waals surface area contributed by atoms with Crippen molar-refractivity contribution in [1.29, 1.82) is 0 Å². The van der Waals surface area contributed by atoms with Crippen molar-refractivity contribution in [3.8, 4) is 0 Å². The molecule has 1 aromatic rings. The number of primary amides is 1. The number of hydrogen-bond donors (Lipinski definition) is 8. The fourth-order valence-electron chi connectivity index (χ4n) is 2.44. The highest BCUT2D eigenvalue weighted by molar-refractivity contribution is 5.96. The maximum absolute atomic E-state index is 12.6. The number of aromatic nitrogens is 2. The molecule has 14 heteroatoms. The standard InChI is InChI=1S/C17H27N7O7/c1-7(17(30)31)22-15(28)11(4-12(19)26)23-16(29)13(8(2)25)24-14(27)10(18)3-9-5-20-6-21-9/h5-8,10-11,13,25H,3-4,18H2,1-2H3,(H2,19,26)(H,20,21)(H,22,28)(H,23,29)(H,24,27)(H,30,31). The van der Waals surface area contributed by atoms with Gasteiger partial charge in [-0.25, -0.2) is 4.98 Å². The lowest BCUT2D eigenvalue weighted by atomic mass is 10.1. The molecule has 0 radical (unpaired) electrons. The highest BCUT2D eigenvalue weighted by Gasteiger charge is 2.32. The fraction of sp³-hybridized carbons (Fsp3) is 0.529. The van der Waals surface area contributed by atoms with E-state index in [0.717, 1.165) is 0 Å². The molecule has 5 atom stereocenters. The molecule has 31 heavy (non-hydrogen) atoms. The van der Waals surface area contributed by atoms with Crippen LogP contribution in [-0.2, 0) is 30.4 Å². The molecule has 0 aromatic carbocycles. The van der Waals surface area contributed by atoms with Crippen molar-refractivity contribution in [3.05, 3.63) is 18.2 Å². The maximum atomic E-state index is 12.6. The predicted molar refractivity (Wildman–Crippen MR) is 105 cm³/mol. The Morgan fingerprint density at radius 3 is 2.23 bits per heavy atom. The third-order valence-electron chi connectivity index (χ3n) is 4.16. The number of aromatic amines is 1. The zero-order valence-electron chi connectivity index (χ0n) is 17.0. The van der Waals surface area contributed by atoms with E-state index in [0.29, 0.717) is 5.69 Å². The minimum atomic E-state index is -1.52. The van der Waals surface area contributed by atoms with E-state index in [2.05, 4.69) is 25.9 Å². The summed E-state index contributed by atoms with van der Waals surface area (Å²) in [6.07, 6.45) is 0.931. The molecule has 172 valence electrons. The number of carbonyl (C=O) groups is 5. The van der Waals surface area contributed by atoms with Gasteiger partial charge in [0.15, 0.2) is 0 Å². The lowest BCUT2D eigenvalue weighted by molar-refractivity contribution is -0.142. The van der Waals surface area contributed by atoms with Crippen LogP contribution in [0.15, 0.2) is 12.5 Å². The molecular weight excluding hydrogens is 414 g/mol. The van der Waals surface area contributed by atoms with Crippen molar-refractivity contribution in [3.63, 3.8) is 0 Å². The van der Waals surface area contributed by atoms with E-state index in [4.69, 9.17) is 16.6 Å². The number of amides is 4. The van der Waals surface area contributed by atoms with E-state index in [1.54, 1.807) is 0 Å². The van der Waals surface area contributed by atoms with E-state index >= 15 is 0 Å². The van der Waals surface area contributed by atoms with Crippen LogP contribution in [0.1, 0.15) is 26.0 Å². The van der Waals surface area contributed by atoms with Crippen LogP contribution in [0.4, 0.5) is 0 Å². The third kappa shape index (κ3) is 8.39. The number of aliphatic hydroxyl groups excluding tert-OH is 1. The Labute approximate surface area is 177 Å². The van der Waals surface area contributed by atoms with Gasteiger partial charge < -0.3 is 42.6 Å². The summed E-state index contributed by atoms with van der Waals surface area (Å²) >= 11 is 0. The van der Waals surface area contributed by atoms with Crippen molar-refractivity contribution in [2.45, 2.75) is 57.0 Å². The Bertz CT molecular complexity index is 797. The number of carboxylic acid groups (broad SMARTS) is 1. The molecule has 1 rings (SSSR count). The van der Waals surface area contributed by atoms with Crippen molar-refractivity contribution >= 4 is 29.6 Å². The van der Waals surface area contributed by atoms with E-state index < -0.39 is 66.3 Å². The van der Waals surface area contributed by atoms with Gasteiger partial charge in [0.05, 0.1) is 24.9 Å². The van der Waals surface area contributed by atoms with Crippen LogP contribution in [0.5, 0.6) is 0 Å². The average Bonchev–Trinajstić information content (AvgIpc) is 3.17. The molecule has 1 aromatic heterocycles. The number of nitrogens with one attached hydrogen (secondary N) is 4. The number of imidazole rings is 1. The minimum absolute atomic E-state index is 0.0831. The number of carbonyl (C=O) groups excluding carboxylic acids is 4. The van der Waals surface area contributed by atoms with Crippen molar-refractivity contribution in [2.75, 3.05) is 0 Å². The van der Waals surface area contributed by atoms with Crippen LogP contribution in [0, 0.1) is 0 Å². The zero-order valence-corrected chi connectivity index (χ0v) is 17.0.